The molecule has 7 atom stereocenters. The van der Waals surface area contributed by atoms with Gasteiger partial charge in [-0.05, 0) is 68.6 Å². The number of carbonyl (C=O) groups is 4. The van der Waals surface area contributed by atoms with E-state index in [1.54, 1.807) is 37.5 Å². The van der Waals surface area contributed by atoms with Crippen molar-refractivity contribution in [3.63, 3.8) is 0 Å². The van der Waals surface area contributed by atoms with Crippen molar-refractivity contribution < 1.29 is 34.5 Å². The predicted molar refractivity (Wildman–Crippen MR) is 130 cm³/mol. The molecule has 0 bridgehead atoms. The molecule has 4 unspecified atom stereocenters. The highest BCUT2D eigenvalue weighted by atomic mass is 16.3. The number of ketones is 3. The highest BCUT2D eigenvalue weighted by Gasteiger charge is 2.69. The van der Waals surface area contributed by atoms with E-state index < -0.39 is 64.7 Å². The van der Waals surface area contributed by atoms with E-state index in [0.717, 1.165) is 11.1 Å². The molecule has 2 aromatic rings. The van der Waals surface area contributed by atoms with Gasteiger partial charge in [0.2, 0.25) is 5.91 Å². The van der Waals surface area contributed by atoms with Gasteiger partial charge in [0.1, 0.15) is 11.7 Å². The van der Waals surface area contributed by atoms with Crippen LogP contribution in [0.1, 0.15) is 27.9 Å². The van der Waals surface area contributed by atoms with Crippen LogP contribution >= 0.6 is 0 Å². The molecular formula is C27H29N3O7. The van der Waals surface area contributed by atoms with Crippen LogP contribution in [0, 0.1) is 30.6 Å². The van der Waals surface area contributed by atoms with Crippen LogP contribution in [0.5, 0.6) is 5.75 Å². The quantitative estimate of drug-likeness (QED) is 0.418. The lowest BCUT2D eigenvalue weighted by molar-refractivity contribution is -0.190. The fourth-order valence-electron chi connectivity index (χ4n) is 6.79. The zero-order valence-corrected chi connectivity index (χ0v) is 20.7. The number of pyridine rings is 1. The van der Waals surface area contributed by atoms with Crippen LogP contribution in [0.3, 0.4) is 0 Å². The van der Waals surface area contributed by atoms with Gasteiger partial charge in [-0.3, -0.25) is 24.2 Å². The number of hydrogen-bond donors (Lipinski definition) is 4. The number of phenols is 1. The van der Waals surface area contributed by atoms with Gasteiger partial charge >= 0.3 is 0 Å². The zero-order chi connectivity index (χ0) is 27.0. The van der Waals surface area contributed by atoms with Gasteiger partial charge in [0, 0.05) is 29.9 Å². The van der Waals surface area contributed by atoms with Crippen molar-refractivity contribution >= 4 is 23.3 Å². The van der Waals surface area contributed by atoms with Gasteiger partial charge < -0.3 is 26.0 Å². The number of nitrogens with two attached hydrogens (primary N) is 1. The first-order chi connectivity index (χ1) is 17.4. The van der Waals surface area contributed by atoms with Crippen LogP contribution in [-0.4, -0.2) is 80.3 Å². The SMILES string of the molecule is Cc1cncc(-c2ccc(O)c3c2C[C@@H]2C[C@@H]4C(N(C)C)C(O)C(C(N)=O)C(=O)[C@]4(O)C(=O)C2C3=O)c1. The molecule has 1 aromatic carbocycles. The Bertz CT molecular complexity index is 1360. The van der Waals surface area contributed by atoms with Crippen molar-refractivity contribution in [2.75, 3.05) is 14.1 Å². The number of aromatic nitrogens is 1. The Labute approximate surface area is 213 Å². The van der Waals surface area contributed by atoms with Crippen molar-refractivity contribution in [1.82, 2.24) is 9.88 Å². The number of aliphatic hydroxyl groups excluding tert-OH is 1. The summed E-state index contributed by atoms with van der Waals surface area (Å²) >= 11 is 0. The summed E-state index contributed by atoms with van der Waals surface area (Å²) in [4.78, 5) is 58.9. The van der Waals surface area contributed by atoms with E-state index in [1.165, 1.54) is 6.07 Å². The maximum atomic E-state index is 13.9. The second-order valence-electron chi connectivity index (χ2n) is 10.7. The molecule has 3 aliphatic carbocycles. The molecular weight excluding hydrogens is 478 g/mol. The van der Waals surface area contributed by atoms with Gasteiger partial charge in [0.05, 0.1) is 17.6 Å². The molecule has 1 aromatic heterocycles. The van der Waals surface area contributed by atoms with Crippen LogP contribution < -0.4 is 5.73 Å². The van der Waals surface area contributed by atoms with Gasteiger partial charge in [-0.15, -0.1) is 0 Å². The summed E-state index contributed by atoms with van der Waals surface area (Å²) in [6.07, 6.45) is 2.12. The highest BCUT2D eigenvalue weighted by molar-refractivity contribution is 6.25. The van der Waals surface area contributed by atoms with Crippen molar-refractivity contribution in [2.24, 2.45) is 29.4 Å². The number of Topliss-reactive ketones (excluding diaryl/α,β-unsaturated/α-hetero) is 3. The maximum Gasteiger partial charge on any atom is 0.230 e. The largest absolute Gasteiger partial charge is 0.507 e. The molecule has 10 heteroatoms. The second-order valence-corrected chi connectivity index (χ2v) is 10.7. The molecule has 0 saturated heterocycles. The number of rotatable bonds is 3. The Hall–Kier alpha value is -3.47. The van der Waals surface area contributed by atoms with Gasteiger partial charge in [-0.1, -0.05) is 6.07 Å². The van der Waals surface area contributed by atoms with E-state index in [-0.39, 0.29) is 24.2 Å². The molecule has 0 radical (unpaired) electrons. The Balaban J connectivity index is 1.66. The smallest absolute Gasteiger partial charge is 0.230 e. The second kappa shape index (κ2) is 8.54. The first kappa shape index (κ1) is 25.2. The number of primary amides is 1. The van der Waals surface area contributed by atoms with E-state index >= 15 is 0 Å². The van der Waals surface area contributed by atoms with Gasteiger partial charge in [0.25, 0.3) is 0 Å². The number of aliphatic hydroxyl groups is 2. The standard InChI is InChI=1S/C27H29N3O7/c1-11-6-13(10-29-9-11)14-4-5-17(31)19-15(14)7-12-8-16-21(30(2)3)23(33)20(26(28)36)25(35)27(16,37)24(34)18(12)22(19)32/h4-6,9-10,12,16,18,20-21,23,31,33,37H,7-8H2,1-3H3,(H2,28,36)/t12-,16-,18?,20?,21?,23?,27-/m1/s1. The summed E-state index contributed by atoms with van der Waals surface area (Å²) in [5.41, 5.74) is 5.62. The summed E-state index contributed by atoms with van der Waals surface area (Å²) < 4.78 is 0. The van der Waals surface area contributed by atoms with Crippen molar-refractivity contribution in [3.05, 3.63) is 47.3 Å². The van der Waals surface area contributed by atoms with Crippen molar-refractivity contribution in [3.8, 4) is 16.9 Å². The Morgan fingerprint density at radius 2 is 1.86 bits per heavy atom. The van der Waals surface area contributed by atoms with Crippen LogP contribution in [-0.2, 0) is 20.8 Å². The number of hydrogen-bond acceptors (Lipinski definition) is 9. The molecule has 0 spiro atoms. The van der Waals surface area contributed by atoms with Crippen LogP contribution in [0.2, 0.25) is 0 Å². The number of aromatic hydroxyl groups is 1. The number of likely N-dealkylation sites (N-methyl/N-ethyl adjacent to an activating group) is 1. The molecule has 1 heterocycles. The van der Waals surface area contributed by atoms with Crippen LogP contribution in [0.25, 0.3) is 11.1 Å². The summed E-state index contributed by atoms with van der Waals surface area (Å²) in [6, 6.07) is 4.05. The monoisotopic (exact) mass is 507 g/mol. The van der Waals surface area contributed by atoms with E-state index in [2.05, 4.69) is 4.98 Å². The highest BCUT2D eigenvalue weighted by Crippen LogP contribution is 2.52. The Morgan fingerprint density at radius 3 is 2.49 bits per heavy atom. The average Bonchev–Trinajstić information content (AvgIpc) is 2.81. The number of nitrogens with zero attached hydrogens (tertiary/aromatic N) is 2. The third-order valence-corrected chi connectivity index (χ3v) is 8.36. The van der Waals surface area contributed by atoms with Gasteiger partial charge in [-0.25, -0.2) is 0 Å². The molecule has 5 rings (SSSR count). The minimum Gasteiger partial charge on any atom is -0.507 e. The number of fused-ring (bicyclic) bond motifs is 3. The topological polar surface area (TPSA) is 171 Å². The Morgan fingerprint density at radius 1 is 1.16 bits per heavy atom. The first-order valence-corrected chi connectivity index (χ1v) is 12.1. The Kier molecular flexibility index (Phi) is 5.82. The van der Waals surface area contributed by atoms with Gasteiger partial charge in [-0.2, -0.15) is 0 Å². The normalized spacial score (nSPS) is 33.1. The average molecular weight is 508 g/mol. The third kappa shape index (κ3) is 3.47. The molecule has 10 nitrogen and oxygen atoms in total. The fourth-order valence-corrected chi connectivity index (χ4v) is 6.79. The predicted octanol–water partition coefficient (Wildman–Crippen LogP) is 0.0292. The van der Waals surface area contributed by atoms with Crippen LogP contribution in [0.15, 0.2) is 30.6 Å². The maximum absolute atomic E-state index is 13.9. The fraction of sp³-hybridized carbons (Fsp3) is 0.444. The molecule has 2 saturated carbocycles. The molecule has 0 aliphatic heterocycles. The summed E-state index contributed by atoms with van der Waals surface area (Å²) in [6.45, 7) is 1.89. The van der Waals surface area contributed by atoms with E-state index in [1.807, 2.05) is 13.0 Å². The zero-order valence-electron chi connectivity index (χ0n) is 20.7. The molecule has 37 heavy (non-hydrogen) atoms. The first-order valence-electron chi connectivity index (χ1n) is 12.1. The molecule has 194 valence electrons. The number of carbonyl (C=O) groups excluding carboxylic acids is 4. The summed E-state index contributed by atoms with van der Waals surface area (Å²) in [7, 11) is 3.22. The minimum atomic E-state index is -2.67. The van der Waals surface area contributed by atoms with E-state index in [4.69, 9.17) is 5.73 Å². The molecule has 3 aliphatic rings. The number of phenolic OH excluding ortho intramolecular Hbond substituents is 1. The number of aryl methyl sites for hydroxylation is 1. The summed E-state index contributed by atoms with van der Waals surface area (Å²) in [5, 5.41) is 33.3. The lowest BCUT2D eigenvalue weighted by Gasteiger charge is -2.54. The number of benzene rings is 1. The van der Waals surface area contributed by atoms with Crippen LogP contribution in [0.4, 0.5) is 0 Å². The summed E-state index contributed by atoms with van der Waals surface area (Å²) in [5.74, 6) is -9.16. The third-order valence-electron chi connectivity index (χ3n) is 8.36. The van der Waals surface area contributed by atoms with E-state index in [0.29, 0.717) is 11.1 Å². The molecule has 1 amide bonds. The lowest BCUT2D eigenvalue weighted by Crippen LogP contribution is -2.75. The van der Waals surface area contributed by atoms with Gasteiger partial charge in [0.15, 0.2) is 23.0 Å². The molecule has 5 N–H and O–H groups in total. The minimum absolute atomic E-state index is 0.0189. The van der Waals surface area contributed by atoms with Crippen molar-refractivity contribution in [1.29, 1.82) is 0 Å². The van der Waals surface area contributed by atoms with Crippen molar-refractivity contribution in [2.45, 2.75) is 37.5 Å². The lowest BCUT2D eigenvalue weighted by atomic mass is 9.52. The number of amides is 1. The molecule has 2 fully saturated rings. The van der Waals surface area contributed by atoms with E-state index in [9.17, 15) is 34.5 Å².